The van der Waals surface area contributed by atoms with Gasteiger partial charge in [-0.3, -0.25) is 19.1 Å². The summed E-state index contributed by atoms with van der Waals surface area (Å²) in [7, 11) is 1.63. The van der Waals surface area contributed by atoms with Crippen LogP contribution in [0.25, 0.3) is 5.69 Å². The highest BCUT2D eigenvalue weighted by Crippen LogP contribution is 2.23. The van der Waals surface area contributed by atoms with E-state index in [2.05, 4.69) is 15.1 Å². The first-order valence-corrected chi connectivity index (χ1v) is 11.6. The number of methoxy groups -OCH3 is 1. The molecule has 1 aromatic heterocycles. The van der Waals surface area contributed by atoms with Gasteiger partial charge in [-0.15, -0.1) is 10.2 Å². The molecule has 0 radical (unpaired) electrons. The average Bonchev–Trinajstić information content (AvgIpc) is 3.50. The maximum atomic E-state index is 12.7. The Labute approximate surface area is 186 Å². The molecular formula is C21H28N6O3S. The summed E-state index contributed by atoms with van der Waals surface area (Å²) in [6.45, 7) is 4.99. The van der Waals surface area contributed by atoms with Crippen molar-refractivity contribution in [1.29, 1.82) is 0 Å². The fraction of sp³-hybridized carbons (Fsp3) is 0.524. The molecule has 3 heterocycles. The SMILES string of the molecule is COc1cccc(-n2cnnc2SCC(=O)N2CCN(CC(=O)N3CCCC3)CC2)c1. The summed E-state index contributed by atoms with van der Waals surface area (Å²) in [6, 6.07) is 7.63. The average molecular weight is 445 g/mol. The number of amides is 2. The van der Waals surface area contributed by atoms with Gasteiger partial charge in [0.1, 0.15) is 12.1 Å². The Kier molecular flexibility index (Phi) is 7.08. The molecule has 2 aliphatic heterocycles. The Bertz CT molecular complexity index is 906. The molecule has 2 aliphatic rings. The smallest absolute Gasteiger partial charge is 0.236 e. The van der Waals surface area contributed by atoms with Crippen molar-refractivity contribution in [3.63, 3.8) is 0 Å². The molecule has 1 aromatic carbocycles. The number of carbonyl (C=O) groups excluding carboxylic acids is 2. The molecule has 0 spiro atoms. The molecule has 31 heavy (non-hydrogen) atoms. The van der Waals surface area contributed by atoms with Gasteiger partial charge in [0, 0.05) is 45.3 Å². The van der Waals surface area contributed by atoms with Gasteiger partial charge in [-0.05, 0) is 25.0 Å². The minimum absolute atomic E-state index is 0.0794. The van der Waals surface area contributed by atoms with Crippen LogP contribution in [0, 0.1) is 0 Å². The zero-order valence-corrected chi connectivity index (χ0v) is 18.6. The molecule has 2 saturated heterocycles. The Morgan fingerprint density at radius 2 is 1.77 bits per heavy atom. The van der Waals surface area contributed by atoms with Crippen LogP contribution in [0.1, 0.15) is 12.8 Å². The first-order chi connectivity index (χ1) is 15.1. The van der Waals surface area contributed by atoms with Crippen LogP contribution in [0.4, 0.5) is 0 Å². The number of benzene rings is 1. The largest absolute Gasteiger partial charge is 0.497 e. The lowest BCUT2D eigenvalue weighted by molar-refractivity contribution is -0.133. The zero-order chi connectivity index (χ0) is 21.6. The van der Waals surface area contributed by atoms with E-state index in [0.717, 1.165) is 50.5 Å². The van der Waals surface area contributed by atoms with Crippen molar-refractivity contribution in [3.8, 4) is 11.4 Å². The van der Waals surface area contributed by atoms with E-state index in [0.29, 0.717) is 30.5 Å². The van der Waals surface area contributed by atoms with Crippen molar-refractivity contribution >= 4 is 23.6 Å². The molecule has 4 rings (SSSR count). The van der Waals surface area contributed by atoms with Crippen LogP contribution in [0.5, 0.6) is 5.75 Å². The standard InChI is InChI=1S/C21H28N6O3S/c1-30-18-6-4-5-17(13-18)27-16-22-23-21(27)31-15-20(29)26-11-9-24(10-12-26)14-19(28)25-7-2-3-8-25/h4-6,13,16H,2-3,7-12,14-15H2,1H3. The molecule has 10 heteroatoms. The normalized spacial score (nSPS) is 17.2. The number of aromatic nitrogens is 3. The van der Waals surface area contributed by atoms with Crippen LogP contribution in [0.2, 0.25) is 0 Å². The molecule has 2 fully saturated rings. The third-order valence-electron chi connectivity index (χ3n) is 5.72. The van der Waals surface area contributed by atoms with Crippen molar-refractivity contribution in [1.82, 2.24) is 29.5 Å². The summed E-state index contributed by atoms with van der Waals surface area (Å²) in [5.41, 5.74) is 0.885. The van der Waals surface area contributed by atoms with Gasteiger partial charge in [0.25, 0.3) is 0 Å². The Morgan fingerprint density at radius 1 is 1.03 bits per heavy atom. The molecule has 0 unspecified atom stereocenters. The van der Waals surface area contributed by atoms with Crippen molar-refractivity contribution < 1.29 is 14.3 Å². The summed E-state index contributed by atoms with van der Waals surface area (Å²) >= 11 is 1.37. The molecule has 2 aromatic rings. The number of thioether (sulfide) groups is 1. The van der Waals surface area contributed by atoms with E-state index in [-0.39, 0.29) is 11.8 Å². The van der Waals surface area contributed by atoms with Gasteiger partial charge in [0.2, 0.25) is 11.8 Å². The highest BCUT2D eigenvalue weighted by Gasteiger charge is 2.25. The minimum atomic E-state index is 0.0794. The highest BCUT2D eigenvalue weighted by atomic mass is 32.2. The fourth-order valence-corrected chi connectivity index (χ4v) is 4.72. The second-order valence-electron chi connectivity index (χ2n) is 7.72. The van der Waals surface area contributed by atoms with Crippen LogP contribution < -0.4 is 4.74 Å². The zero-order valence-electron chi connectivity index (χ0n) is 17.8. The number of ether oxygens (including phenoxy) is 1. The molecule has 0 N–H and O–H groups in total. The third-order valence-corrected chi connectivity index (χ3v) is 6.64. The van der Waals surface area contributed by atoms with Gasteiger partial charge < -0.3 is 14.5 Å². The Morgan fingerprint density at radius 3 is 2.52 bits per heavy atom. The number of piperazine rings is 1. The Hall–Kier alpha value is -2.59. The minimum Gasteiger partial charge on any atom is -0.497 e. The summed E-state index contributed by atoms with van der Waals surface area (Å²) in [5, 5.41) is 8.82. The highest BCUT2D eigenvalue weighted by molar-refractivity contribution is 7.99. The van der Waals surface area contributed by atoms with Gasteiger partial charge in [-0.25, -0.2) is 0 Å². The van der Waals surface area contributed by atoms with Gasteiger partial charge in [0.15, 0.2) is 5.16 Å². The van der Waals surface area contributed by atoms with Crippen molar-refractivity contribution in [2.75, 3.05) is 58.7 Å². The summed E-state index contributed by atoms with van der Waals surface area (Å²) in [5.74, 6) is 1.34. The van der Waals surface area contributed by atoms with Gasteiger partial charge in [-0.2, -0.15) is 0 Å². The lowest BCUT2D eigenvalue weighted by atomic mass is 10.3. The van der Waals surface area contributed by atoms with Crippen molar-refractivity contribution in [3.05, 3.63) is 30.6 Å². The van der Waals surface area contributed by atoms with E-state index in [1.807, 2.05) is 38.6 Å². The molecule has 0 saturated carbocycles. The van der Waals surface area contributed by atoms with Crippen LogP contribution >= 0.6 is 11.8 Å². The van der Waals surface area contributed by atoms with E-state index >= 15 is 0 Å². The molecule has 9 nitrogen and oxygen atoms in total. The van der Waals surface area contributed by atoms with Crippen molar-refractivity contribution in [2.45, 2.75) is 18.0 Å². The lowest BCUT2D eigenvalue weighted by Gasteiger charge is -2.35. The van der Waals surface area contributed by atoms with E-state index < -0.39 is 0 Å². The fourth-order valence-electron chi connectivity index (χ4n) is 3.89. The number of rotatable bonds is 7. The molecule has 0 bridgehead atoms. The molecule has 0 atom stereocenters. The molecule has 2 amide bonds. The second-order valence-corrected chi connectivity index (χ2v) is 8.66. The Balaban J connectivity index is 1.26. The van der Waals surface area contributed by atoms with E-state index in [9.17, 15) is 9.59 Å². The summed E-state index contributed by atoms with van der Waals surface area (Å²) in [4.78, 5) is 31.0. The predicted molar refractivity (Wildman–Crippen MR) is 117 cm³/mol. The van der Waals surface area contributed by atoms with Crippen LogP contribution in [0.3, 0.4) is 0 Å². The number of hydrogen-bond donors (Lipinski definition) is 0. The van der Waals surface area contributed by atoms with E-state index in [1.165, 1.54) is 11.8 Å². The third kappa shape index (κ3) is 5.37. The monoisotopic (exact) mass is 444 g/mol. The number of carbonyl (C=O) groups is 2. The predicted octanol–water partition coefficient (Wildman–Crippen LogP) is 1.13. The summed E-state index contributed by atoms with van der Waals surface area (Å²) in [6.07, 6.45) is 3.85. The topological polar surface area (TPSA) is 83.8 Å². The number of hydrogen-bond acceptors (Lipinski definition) is 7. The first-order valence-electron chi connectivity index (χ1n) is 10.6. The number of nitrogens with zero attached hydrogens (tertiary/aromatic N) is 6. The van der Waals surface area contributed by atoms with Gasteiger partial charge >= 0.3 is 0 Å². The lowest BCUT2D eigenvalue weighted by Crippen LogP contribution is -2.51. The summed E-state index contributed by atoms with van der Waals surface area (Å²) < 4.78 is 7.13. The van der Waals surface area contributed by atoms with Crippen molar-refractivity contribution in [2.24, 2.45) is 0 Å². The molecular weight excluding hydrogens is 416 g/mol. The maximum Gasteiger partial charge on any atom is 0.236 e. The molecule has 166 valence electrons. The van der Waals surface area contributed by atoms with Crippen LogP contribution in [-0.2, 0) is 9.59 Å². The van der Waals surface area contributed by atoms with Gasteiger partial charge in [-0.1, -0.05) is 17.8 Å². The maximum absolute atomic E-state index is 12.7. The quantitative estimate of drug-likeness (QED) is 0.592. The first kappa shape index (κ1) is 21.6. The van der Waals surface area contributed by atoms with E-state index in [1.54, 1.807) is 13.4 Å². The van der Waals surface area contributed by atoms with E-state index in [4.69, 9.17) is 4.74 Å². The second kappa shape index (κ2) is 10.1. The van der Waals surface area contributed by atoms with Crippen LogP contribution in [-0.4, -0.2) is 100.0 Å². The van der Waals surface area contributed by atoms with Gasteiger partial charge in [0.05, 0.1) is 25.1 Å². The number of likely N-dealkylation sites (tertiary alicyclic amines) is 1. The van der Waals surface area contributed by atoms with Crippen LogP contribution in [0.15, 0.2) is 35.7 Å². The molecule has 0 aliphatic carbocycles.